The lowest BCUT2D eigenvalue weighted by molar-refractivity contribution is 0.246. The lowest BCUT2D eigenvalue weighted by Crippen LogP contribution is -2.46. The fourth-order valence-electron chi connectivity index (χ4n) is 3.49. The number of nitrogens with zero attached hydrogens (tertiary/aromatic N) is 3. The van der Waals surface area contributed by atoms with Crippen LogP contribution in [0, 0.1) is 0 Å². The zero-order valence-corrected chi connectivity index (χ0v) is 16.0. The molecule has 4 rings (SSSR count). The van der Waals surface area contributed by atoms with Crippen LogP contribution in [0.5, 0.6) is 0 Å². The summed E-state index contributed by atoms with van der Waals surface area (Å²) in [5.74, 6) is 0. The maximum atomic E-state index is 6.40. The second kappa shape index (κ2) is 7.75. The quantitative estimate of drug-likeness (QED) is 0.618. The minimum Gasteiger partial charge on any atom is -0.369 e. The molecule has 2 heterocycles. The van der Waals surface area contributed by atoms with Gasteiger partial charge in [-0.25, -0.2) is 0 Å². The average Bonchev–Trinajstić information content (AvgIpc) is 3.11. The number of piperazine rings is 1. The van der Waals surface area contributed by atoms with Crippen molar-refractivity contribution in [1.82, 2.24) is 9.47 Å². The van der Waals surface area contributed by atoms with E-state index in [-0.39, 0.29) is 0 Å². The Morgan fingerprint density at radius 3 is 2.31 bits per heavy atom. The number of aromatic nitrogens is 1. The van der Waals surface area contributed by atoms with Gasteiger partial charge in [-0.15, -0.1) is 0 Å². The standard InChI is InChI=1S/C21H21Cl2N3/c22-17-8-9-21(20(23)15-17)26-10-4-7-19(26)16-24-11-13-25(14-12-24)18-5-2-1-3-6-18/h1-10,15H,11-14,16H2. The van der Waals surface area contributed by atoms with E-state index >= 15 is 0 Å². The van der Waals surface area contributed by atoms with Gasteiger partial charge in [0, 0.05) is 55.3 Å². The molecule has 3 aromatic rings. The first-order valence-corrected chi connectivity index (χ1v) is 9.60. The molecule has 0 amide bonds. The van der Waals surface area contributed by atoms with Crippen LogP contribution in [0.3, 0.4) is 0 Å². The van der Waals surface area contributed by atoms with Crippen LogP contribution in [-0.4, -0.2) is 35.6 Å². The maximum Gasteiger partial charge on any atom is 0.0661 e. The van der Waals surface area contributed by atoms with E-state index in [2.05, 4.69) is 63.0 Å². The van der Waals surface area contributed by atoms with Gasteiger partial charge in [-0.05, 0) is 42.5 Å². The maximum absolute atomic E-state index is 6.40. The first-order valence-electron chi connectivity index (χ1n) is 8.85. The number of anilines is 1. The number of rotatable bonds is 4. The third-order valence-corrected chi connectivity index (χ3v) is 5.42. The van der Waals surface area contributed by atoms with Gasteiger partial charge < -0.3 is 9.47 Å². The Labute approximate surface area is 164 Å². The van der Waals surface area contributed by atoms with Crippen LogP contribution in [0.4, 0.5) is 5.69 Å². The van der Waals surface area contributed by atoms with Crippen LogP contribution in [0.25, 0.3) is 5.69 Å². The second-order valence-corrected chi connectivity index (χ2v) is 7.41. The van der Waals surface area contributed by atoms with E-state index in [1.54, 1.807) is 6.07 Å². The van der Waals surface area contributed by atoms with E-state index in [4.69, 9.17) is 23.2 Å². The summed E-state index contributed by atoms with van der Waals surface area (Å²) in [6.07, 6.45) is 2.06. The van der Waals surface area contributed by atoms with Crippen molar-refractivity contribution in [3.05, 3.63) is 82.6 Å². The van der Waals surface area contributed by atoms with Crippen molar-refractivity contribution in [2.45, 2.75) is 6.54 Å². The molecule has 0 saturated carbocycles. The molecule has 1 aliphatic heterocycles. The molecular weight excluding hydrogens is 365 g/mol. The molecule has 0 N–H and O–H groups in total. The summed E-state index contributed by atoms with van der Waals surface area (Å²) in [6, 6.07) is 20.5. The van der Waals surface area contributed by atoms with Crippen LogP contribution >= 0.6 is 23.2 Å². The molecule has 0 radical (unpaired) electrons. The van der Waals surface area contributed by atoms with Gasteiger partial charge in [-0.2, -0.15) is 0 Å². The molecular formula is C21H21Cl2N3. The van der Waals surface area contributed by atoms with Crippen molar-refractivity contribution < 1.29 is 0 Å². The number of hydrogen-bond acceptors (Lipinski definition) is 2. The van der Waals surface area contributed by atoms with E-state index < -0.39 is 0 Å². The van der Waals surface area contributed by atoms with Gasteiger partial charge in [-0.1, -0.05) is 41.4 Å². The van der Waals surface area contributed by atoms with Crippen molar-refractivity contribution in [2.24, 2.45) is 0 Å². The Kier molecular flexibility index (Phi) is 5.21. The molecule has 0 unspecified atom stereocenters. The summed E-state index contributed by atoms with van der Waals surface area (Å²) < 4.78 is 2.15. The number of benzene rings is 2. The molecule has 2 aromatic carbocycles. The van der Waals surface area contributed by atoms with Crippen molar-refractivity contribution in [2.75, 3.05) is 31.1 Å². The highest BCUT2D eigenvalue weighted by atomic mass is 35.5. The van der Waals surface area contributed by atoms with E-state index in [0.717, 1.165) is 38.4 Å². The number of para-hydroxylation sites is 1. The molecule has 26 heavy (non-hydrogen) atoms. The molecule has 0 atom stereocenters. The summed E-state index contributed by atoms with van der Waals surface area (Å²) >= 11 is 12.4. The van der Waals surface area contributed by atoms with Gasteiger partial charge >= 0.3 is 0 Å². The van der Waals surface area contributed by atoms with Gasteiger partial charge in [0.25, 0.3) is 0 Å². The zero-order valence-electron chi connectivity index (χ0n) is 14.5. The van der Waals surface area contributed by atoms with E-state index in [0.29, 0.717) is 10.0 Å². The lowest BCUT2D eigenvalue weighted by atomic mass is 10.2. The first-order chi connectivity index (χ1) is 12.7. The lowest BCUT2D eigenvalue weighted by Gasteiger charge is -2.36. The molecule has 1 aliphatic rings. The Morgan fingerprint density at radius 1 is 0.808 bits per heavy atom. The third-order valence-electron chi connectivity index (χ3n) is 4.88. The highest BCUT2D eigenvalue weighted by Gasteiger charge is 2.18. The zero-order chi connectivity index (χ0) is 17.9. The normalized spacial score (nSPS) is 15.4. The Bertz CT molecular complexity index is 868. The second-order valence-electron chi connectivity index (χ2n) is 6.56. The summed E-state index contributed by atoms with van der Waals surface area (Å²) in [6.45, 7) is 5.11. The van der Waals surface area contributed by atoms with Crippen LogP contribution < -0.4 is 4.90 Å². The molecule has 1 aromatic heterocycles. The van der Waals surface area contributed by atoms with Crippen molar-refractivity contribution in [3.8, 4) is 5.69 Å². The molecule has 1 fully saturated rings. The van der Waals surface area contributed by atoms with Crippen LogP contribution in [0.2, 0.25) is 10.0 Å². The molecule has 1 saturated heterocycles. The molecule has 5 heteroatoms. The topological polar surface area (TPSA) is 11.4 Å². The predicted molar refractivity (Wildman–Crippen MR) is 110 cm³/mol. The summed E-state index contributed by atoms with van der Waals surface area (Å²) in [7, 11) is 0. The largest absolute Gasteiger partial charge is 0.369 e. The van der Waals surface area contributed by atoms with Crippen LogP contribution in [-0.2, 0) is 6.54 Å². The Morgan fingerprint density at radius 2 is 1.58 bits per heavy atom. The SMILES string of the molecule is Clc1ccc(-n2cccc2CN2CCN(c3ccccc3)CC2)c(Cl)c1. The third kappa shape index (κ3) is 3.75. The van der Waals surface area contributed by atoms with Crippen LogP contribution in [0.1, 0.15) is 5.69 Å². The van der Waals surface area contributed by atoms with Gasteiger partial charge in [0.1, 0.15) is 0 Å². The van der Waals surface area contributed by atoms with E-state index in [9.17, 15) is 0 Å². The average molecular weight is 386 g/mol. The minimum absolute atomic E-state index is 0.657. The monoisotopic (exact) mass is 385 g/mol. The summed E-state index contributed by atoms with van der Waals surface area (Å²) in [5, 5.41) is 1.33. The Hall–Kier alpha value is -1.94. The molecule has 134 valence electrons. The van der Waals surface area contributed by atoms with Gasteiger partial charge in [0.15, 0.2) is 0 Å². The van der Waals surface area contributed by atoms with Gasteiger partial charge in [-0.3, -0.25) is 4.90 Å². The highest BCUT2D eigenvalue weighted by Crippen LogP contribution is 2.26. The fraction of sp³-hybridized carbons (Fsp3) is 0.238. The molecule has 0 bridgehead atoms. The van der Waals surface area contributed by atoms with E-state index in [1.807, 2.05) is 12.1 Å². The van der Waals surface area contributed by atoms with Crippen molar-refractivity contribution >= 4 is 28.9 Å². The Balaban J connectivity index is 1.44. The van der Waals surface area contributed by atoms with Gasteiger partial charge in [0.05, 0.1) is 10.7 Å². The van der Waals surface area contributed by atoms with Crippen molar-refractivity contribution in [1.29, 1.82) is 0 Å². The smallest absolute Gasteiger partial charge is 0.0661 e. The predicted octanol–water partition coefficient (Wildman–Crippen LogP) is 5.11. The highest BCUT2D eigenvalue weighted by molar-refractivity contribution is 6.35. The van der Waals surface area contributed by atoms with Crippen LogP contribution in [0.15, 0.2) is 66.9 Å². The van der Waals surface area contributed by atoms with Crippen molar-refractivity contribution in [3.63, 3.8) is 0 Å². The van der Waals surface area contributed by atoms with E-state index in [1.165, 1.54) is 11.4 Å². The first kappa shape index (κ1) is 17.5. The number of halogens is 2. The molecule has 0 aliphatic carbocycles. The summed E-state index contributed by atoms with van der Waals surface area (Å²) in [4.78, 5) is 4.95. The van der Waals surface area contributed by atoms with Gasteiger partial charge in [0.2, 0.25) is 0 Å². The summed E-state index contributed by atoms with van der Waals surface area (Å²) in [5.41, 5.74) is 3.52. The molecule has 3 nitrogen and oxygen atoms in total. The minimum atomic E-state index is 0.657. The fourth-order valence-corrected chi connectivity index (χ4v) is 3.99. The molecule has 0 spiro atoms. The number of hydrogen-bond donors (Lipinski definition) is 0.